The lowest BCUT2D eigenvalue weighted by molar-refractivity contribution is 0.313. The molecule has 0 aromatic heterocycles. The fraction of sp³-hybridized carbons (Fsp3) is 0.474. The van der Waals surface area contributed by atoms with E-state index in [0.29, 0.717) is 17.2 Å². The molecule has 2 heteroatoms. The van der Waals surface area contributed by atoms with Crippen LogP contribution in [-0.2, 0) is 0 Å². The summed E-state index contributed by atoms with van der Waals surface area (Å²) in [5.74, 6) is 0.359. The molecule has 0 heterocycles. The summed E-state index contributed by atoms with van der Waals surface area (Å²) < 4.78 is 0. The van der Waals surface area contributed by atoms with Gasteiger partial charge in [0, 0.05) is 22.5 Å². The van der Waals surface area contributed by atoms with Crippen molar-refractivity contribution < 1.29 is 5.11 Å². The Kier molecular flexibility index (Phi) is 3.79. The van der Waals surface area contributed by atoms with Gasteiger partial charge in [0.1, 0.15) is 5.75 Å². The van der Waals surface area contributed by atoms with Crippen LogP contribution in [0.3, 0.4) is 0 Å². The molecule has 1 fully saturated rings. The Labute approximate surface area is 127 Å². The van der Waals surface area contributed by atoms with Gasteiger partial charge in [-0.2, -0.15) is 0 Å². The molecular formula is C19H25NO. The predicted molar refractivity (Wildman–Crippen MR) is 89.9 cm³/mol. The minimum absolute atomic E-state index is 0.359. The van der Waals surface area contributed by atoms with E-state index in [1.54, 1.807) is 6.07 Å². The number of phenolic OH excluding ortho intramolecular Hbond substituents is 1. The van der Waals surface area contributed by atoms with Gasteiger partial charge in [0.2, 0.25) is 0 Å². The van der Waals surface area contributed by atoms with E-state index >= 15 is 0 Å². The molecular weight excluding hydrogens is 258 g/mol. The molecule has 21 heavy (non-hydrogen) atoms. The van der Waals surface area contributed by atoms with E-state index in [9.17, 15) is 5.11 Å². The summed E-state index contributed by atoms with van der Waals surface area (Å²) in [6.45, 7) is 4.76. The number of hydrogen-bond donors (Lipinski definition) is 2. The topological polar surface area (TPSA) is 32.3 Å². The fourth-order valence-electron chi connectivity index (χ4n) is 3.44. The molecule has 1 unspecified atom stereocenters. The van der Waals surface area contributed by atoms with E-state index in [2.05, 4.69) is 31.3 Å². The van der Waals surface area contributed by atoms with Crippen molar-refractivity contribution in [1.82, 2.24) is 0 Å². The Hall–Kier alpha value is -1.70. The molecule has 0 bridgehead atoms. The Morgan fingerprint density at radius 3 is 2.62 bits per heavy atom. The van der Waals surface area contributed by atoms with E-state index < -0.39 is 0 Å². The standard InChI is InChI=1S/C19H25NO/c1-19(2)12-5-6-14(11-13-19)20-17-9-3-8-16-15(17)7-4-10-18(16)21/h3-4,7-10,14,20-21H,5-6,11-13H2,1-2H3. The number of phenols is 1. The van der Waals surface area contributed by atoms with Gasteiger partial charge in [-0.05, 0) is 43.2 Å². The maximum absolute atomic E-state index is 9.99. The quantitative estimate of drug-likeness (QED) is 0.731. The highest BCUT2D eigenvalue weighted by Gasteiger charge is 2.24. The molecule has 3 rings (SSSR count). The van der Waals surface area contributed by atoms with Crippen molar-refractivity contribution in [3.05, 3.63) is 36.4 Å². The van der Waals surface area contributed by atoms with Crippen LogP contribution in [0.25, 0.3) is 10.8 Å². The number of benzene rings is 2. The third kappa shape index (κ3) is 3.15. The van der Waals surface area contributed by atoms with Crippen molar-refractivity contribution >= 4 is 16.5 Å². The van der Waals surface area contributed by atoms with Crippen LogP contribution in [0.1, 0.15) is 46.0 Å². The molecule has 112 valence electrons. The Bertz CT molecular complexity index is 632. The lowest BCUT2D eigenvalue weighted by atomic mass is 9.85. The molecule has 0 amide bonds. The summed E-state index contributed by atoms with van der Waals surface area (Å²) >= 11 is 0. The van der Waals surface area contributed by atoms with Crippen LogP contribution in [0.2, 0.25) is 0 Å². The van der Waals surface area contributed by atoms with Gasteiger partial charge in [0.15, 0.2) is 0 Å². The minimum atomic E-state index is 0.359. The second-order valence-electron chi connectivity index (χ2n) is 7.11. The summed E-state index contributed by atoms with van der Waals surface area (Å²) in [7, 11) is 0. The Balaban J connectivity index is 1.84. The minimum Gasteiger partial charge on any atom is -0.507 e. The molecule has 1 atom stereocenters. The van der Waals surface area contributed by atoms with E-state index in [-0.39, 0.29) is 0 Å². The third-order valence-corrected chi connectivity index (χ3v) is 4.83. The first-order valence-electron chi connectivity index (χ1n) is 8.02. The first-order chi connectivity index (χ1) is 10.1. The van der Waals surface area contributed by atoms with Crippen LogP contribution in [0.4, 0.5) is 5.69 Å². The molecule has 2 nitrogen and oxygen atoms in total. The summed E-state index contributed by atoms with van der Waals surface area (Å²) in [5, 5.41) is 15.7. The van der Waals surface area contributed by atoms with Gasteiger partial charge in [0.25, 0.3) is 0 Å². The average Bonchev–Trinajstić information content (AvgIpc) is 2.61. The van der Waals surface area contributed by atoms with Crippen LogP contribution >= 0.6 is 0 Å². The number of anilines is 1. The van der Waals surface area contributed by atoms with Gasteiger partial charge in [-0.1, -0.05) is 44.5 Å². The molecule has 2 aromatic carbocycles. The second kappa shape index (κ2) is 5.59. The van der Waals surface area contributed by atoms with Crippen LogP contribution in [0.15, 0.2) is 36.4 Å². The van der Waals surface area contributed by atoms with Crippen LogP contribution in [0, 0.1) is 5.41 Å². The maximum Gasteiger partial charge on any atom is 0.123 e. The zero-order valence-corrected chi connectivity index (χ0v) is 13.0. The van der Waals surface area contributed by atoms with Gasteiger partial charge in [0.05, 0.1) is 0 Å². The SMILES string of the molecule is CC1(C)CCCC(Nc2cccc3c(O)cccc23)CC1. The zero-order valence-electron chi connectivity index (χ0n) is 13.0. The fourth-order valence-corrected chi connectivity index (χ4v) is 3.44. The number of hydrogen-bond acceptors (Lipinski definition) is 2. The van der Waals surface area contributed by atoms with Gasteiger partial charge in [-0.15, -0.1) is 0 Å². The van der Waals surface area contributed by atoms with E-state index in [1.165, 1.54) is 32.1 Å². The van der Waals surface area contributed by atoms with Crippen molar-refractivity contribution in [1.29, 1.82) is 0 Å². The summed E-state index contributed by atoms with van der Waals surface area (Å²) in [5.41, 5.74) is 1.63. The molecule has 0 radical (unpaired) electrons. The average molecular weight is 283 g/mol. The van der Waals surface area contributed by atoms with Crippen molar-refractivity contribution in [3.63, 3.8) is 0 Å². The normalized spacial score (nSPS) is 21.9. The zero-order chi connectivity index (χ0) is 14.9. The first kappa shape index (κ1) is 14.2. The van der Waals surface area contributed by atoms with E-state index in [0.717, 1.165) is 16.5 Å². The smallest absolute Gasteiger partial charge is 0.123 e. The molecule has 1 aliphatic rings. The summed E-state index contributed by atoms with van der Waals surface area (Å²) in [6, 6.07) is 12.4. The van der Waals surface area contributed by atoms with Gasteiger partial charge in [-0.3, -0.25) is 0 Å². The molecule has 1 aliphatic carbocycles. The van der Waals surface area contributed by atoms with E-state index in [4.69, 9.17) is 0 Å². The monoisotopic (exact) mass is 283 g/mol. The van der Waals surface area contributed by atoms with E-state index in [1.807, 2.05) is 18.2 Å². The molecule has 2 aromatic rings. The van der Waals surface area contributed by atoms with Crippen molar-refractivity contribution in [2.75, 3.05) is 5.32 Å². The van der Waals surface area contributed by atoms with Crippen LogP contribution in [-0.4, -0.2) is 11.1 Å². The number of nitrogens with one attached hydrogen (secondary N) is 1. The first-order valence-corrected chi connectivity index (χ1v) is 8.02. The van der Waals surface area contributed by atoms with Crippen LogP contribution in [0.5, 0.6) is 5.75 Å². The highest BCUT2D eigenvalue weighted by Crippen LogP contribution is 2.36. The van der Waals surface area contributed by atoms with Crippen molar-refractivity contribution in [2.24, 2.45) is 5.41 Å². The second-order valence-corrected chi connectivity index (χ2v) is 7.11. The molecule has 0 spiro atoms. The van der Waals surface area contributed by atoms with Gasteiger partial charge in [-0.25, -0.2) is 0 Å². The highest BCUT2D eigenvalue weighted by molar-refractivity contribution is 5.97. The summed E-state index contributed by atoms with van der Waals surface area (Å²) in [6.07, 6.45) is 6.35. The predicted octanol–water partition coefficient (Wildman–Crippen LogP) is 5.32. The van der Waals surface area contributed by atoms with Crippen LogP contribution < -0.4 is 5.32 Å². The lowest BCUT2D eigenvalue weighted by Crippen LogP contribution is -2.19. The Morgan fingerprint density at radius 2 is 1.76 bits per heavy atom. The number of aromatic hydroxyl groups is 1. The molecule has 0 aliphatic heterocycles. The molecule has 2 N–H and O–H groups in total. The third-order valence-electron chi connectivity index (χ3n) is 4.83. The summed E-state index contributed by atoms with van der Waals surface area (Å²) in [4.78, 5) is 0. The van der Waals surface area contributed by atoms with Gasteiger partial charge >= 0.3 is 0 Å². The largest absolute Gasteiger partial charge is 0.507 e. The van der Waals surface area contributed by atoms with Gasteiger partial charge < -0.3 is 10.4 Å². The van der Waals surface area contributed by atoms with Crippen molar-refractivity contribution in [3.8, 4) is 5.75 Å². The highest BCUT2D eigenvalue weighted by atomic mass is 16.3. The Morgan fingerprint density at radius 1 is 1.00 bits per heavy atom. The molecule has 1 saturated carbocycles. The molecule has 0 saturated heterocycles. The lowest BCUT2D eigenvalue weighted by Gasteiger charge is -2.23. The number of fused-ring (bicyclic) bond motifs is 1. The number of rotatable bonds is 2. The van der Waals surface area contributed by atoms with Crippen molar-refractivity contribution in [2.45, 2.75) is 52.0 Å². The maximum atomic E-state index is 9.99.